The molecule has 4 atom stereocenters. The Labute approximate surface area is 157 Å². The molecule has 0 aliphatic carbocycles. The van der Waals surface area contributed by atoms with Crippen molar-refractivity contribution < 1.29 is 14.3 Å². The molecule has 1 amide bonds. The Hall–Kier alpha value is -1.73. The number of carbonyl (C=O) groups excluding carboxylic acids is 2. The van der Waals surface area contributed by atoms with Crippen LogP contribution in [0.5, 0.6) is 5.75 Å². The smallest absolute Gasteiger partial charge is 0.261 e. The normalized spacial score (nSPS) is 27.9. The van der Waals surface area contributed by atoms with Gasteiger partial charge in [0.05, 0.1) is 12.1 Å². The number of carbonyl (C=O) groups is 2. The lowest BCUT2D eigenvalue weighted by atomic mass is 9.95. The van der Waals surface area contributed by atoms with Crippen LogP contribution in [0.2, 0.25) is 0 Å². The molecule has 0 radical (unpaired) electrons. The Bertz CT molecular complexity index is 708. The number of hydrogen-bond acceptors (Lipinski definition) is 6. The molecule has 0 bridgehead atoms. The number of nitrogens with one attached hydrogen (secondary N) is 1. The average Bonchev–Trinajstić information content (AvgIpc) is 2.81. The van der Waals surface area contributed by atoms with E-state index < -0.39 is 6.10 Å². The summed E-state index contributed by atoms with van der Waals surface area (Å²) in [7, 11) is 0. The van der Waals surface area contributed by atoms with Crippen molar-refractivity contribution in [2.45, 2.75) is 49.1 Å². The third-order valence-electron chi connectivity index (χ3n) is 4.56. The maximum atomic E-state index is 12.5. The highest BCUT2D eigenvalue weighted by Crippen LogP contribution is 2.54. The summed E-state index contributed by atoms with van der Waals surface area (Å²) in [6, 6.07) is 8.63. The lowest BCUT2D eigenvalue weighted by Crippen LogP contribution is -2.65. The molecule has 2 aliphatic rings. The van der Waals surface area contributed by atoms with Gasteiger partial charge in [0.2, 0.25) is 0 Å². The Kier molecular flexibility index (Phi) is 4.72. The molecule has 4 unspecified atom stereocenters. The Morgan fingerprint density at radius 2 is 2.00 bits per heavy atom. The molecule has 0 aromatic heterocycles. The third kappa shape index (κ3) is 3.22. The van der Waals surface area contributed by atoms with Gasteiger partial charge in [-0.1, -0.05) is 24.8 Å². The van der Waals surface area contributed by atoms with Crippen LogP contribution in [-0.2, 0) is 22.2 Å². The topological polar surface area (TPSA) is 58.6 Å². The van der Waals surface area contributed by atoms with Crippen LogP contribution in [0.1, 0.15) is 20.8 Å². The quantitative estimate of drug-likeness (QED) is 0.793. The minimum Gasteiger partial charge on any atom is -0.740 e. The second-order valence-electron chi connectivity index (χ2n) is 6.79. The van der Waals surface area contributed by atoms with Gasteiger partial charge in [0, 0.05) is 15.6 Å². The fourth-order valence-electron chi connectivity index (χ4n) is 3.29. The van der Waals surface area contributed by atoms with Crippen molar-refractivity contribution in [3.8, 4) is 5.75 Å². The number of thioether (sulfide) groups is 1. The van der Waals surface area contributed by atoms with Gasteiger partial charge >= 0.3 is 0 Å². The maximum absolute atomic E-state index is 12.5. The summed E-state index contributed by atoms with van der Waals surface area (Å²) in [5.41, 5.74) is 0.728. The zero-order valence-electron chi connectivity index (χ0n) is 14.4. The molecule has 2 fully saturated rings. The molecule has 7 heteroatoms. The van der Waals surface area contributed by atoms with E-state index in [1.54, 1.807) is 18.7 Å². The standard InChI is InChI=1S/C18H22N2O3S2/c1-10-13(16-20(10)14(17(22)24)18(3,4)25-16)19-15(21)11(2)23-12-8-6-5-7-9-12/h5-9,11,13-14,16H,1H2,2-4H3,(H,19,21)(H,22,24)/p-1. The molecule has 25 heavy (non-hydrogen) atoms. The number of fused-ring (bicyclic) bond motifs is 1. The van der Waals surface area contributed by atoms with Crippen LogP contribution >= 0.6 is 11.8 Å². The molecule has 1 N–H and O–H groups in total. The minimum absolute atomic E-state index is 0.0210. The van der Waals surface area contributed by atoms with E-state index in [4.69, 9.17) is 17.4 Å². The molecular weight excluding hydrogens is 356 g/mol. The summed E-state index contributed by atoms with van der Waals surface area (Å²) in [5.74, 6) is 0.438. The summed E-state index contributed by atoms with van der Waals surface area (Å²) in [6.07, 6.45) is -0.625. The summed E-state index contributed by atoms with van der Waals surface area (Å²) in [4.78, 5) is 26.3. The highest BCUT2D eigenvalue weighted by molar-refractivity contribution is 8.01. The van der Waals surface area contributed by atoms with Crippen LogP contribution < -0.4 is 10.1 Å². The molecule has 1 aromatic rings. The van der Waals surface area contributed by atoms with Crippen molar-refractivity contribution in [2.75, 3.05) is 0 Å². The van der Waals surface area contributed by atoms with Crippen molar-refractivity contribution in [1.29, 1.82) is 0 Å². The van der Waals surface area contributed by atoms with E-state index in [0.29, 0.717) is 5.75 Å². The molecule has 2 heterocycles. The number of amides is 1. The first-order valence-electron chi connectivity index (χ1n) is 8.10. The van der Waals surface area contributed by atoms with Gasteiger partial charge in [-0.3, -0.25) is 4.79 Å². The van der Waals surface area contributed by atoms with Crippen molar-refractivity contribution >= 4 is 35.4 Å². The number of para-hydroxylation sites is 1. The van der Waals surface area contributed by atoms with Gasteiger partial charge in [-0.25, -0.2) is 0 Å². The summed E-state index contributed by atoms with van der Waals surface area (Å²) in [6.45, 7) is 9.75. The largest absolute Gasteiger partial charge is 0.740 e. The first kappa shape index (κ1) is 18.1. The maximum Gasteiger partial charge on any atom is 0.261 e. The predicted molar refractivity (Wildman–Crippen MR) is 101 cm³/mol. The van der Waals surface area contributed by atoms with Gasteiger partial charge in [-0.05, 0) is 32.9 Å². The molecular formula is C18H21N2O3S2-. The fraction of sp³-hybridized carbons (Fsp3) is 0.444. The van der Waals surface area contributed by atoms with Crippen molar-refractivity contribution in [3.63, 3.8) is 0 Å². The molecule has 0 spiro atoms. The van der Waals surface area contributed by atoms with E-state index in [9.17, 15) is 9.59 Å². The molecule has 5 nitrogen and oxygen atoms in total. The number of ether oxygens (including phenoxy) is 1. The Morgan fingerprint density at radius 1 is 1.36 bits per heavy atom. The predicted octanol–water partition coefficient (Wildman–Crippen LogP) is 2.06. The monoisotopic (exact) mass is 377 g/mol. The number of rotatable bonds is 5. The zero-order chi connectivity index (χ0) is 18.4. The lowest BCUT2D eigenvalue weighted by molar-refractivity contribution is -0.129. The second-order valence-corrected chi connectivity index (χ2v) is 8.96. The highest BCUT2D eigenvalue weighted by Gasteiger charge is 2.58. The Morgan fingerprint density at radius 3 is 2.60 bits per heavy atom. The number of hydrogen-bond donors (Lipinski definition) is 1. The van der Waals surface area contributed by atoms with Gasteiger partial charge < -0.3 is 32.4 Å². The first-order chi connectivity index (χ1) is 11.7. The van der Waals surface area contributed by atoms with Crippen LogP contribution in [0.15, 0.2) is 42.6 Å². The van der Waals surface area contributed by atoms with Crippen LogP contribution in [0, 0.1) is 0 Å². The summed E-state index contributed by atoms with van der Waals surface area (Å²) < 4.78 is 5.35. The Balaban J connectivity index is 1.64. The van der Waals surface area contributed by atoms with Crippen LogP contribution in [-0.4, -0.2) is 44.2 Å². The van der Waals surface area contributed by atoms with Crippen LogP contribution in [0.3, 0.4) is 0 Å². The zero-order valence-corrected chi connectivity index (χ0v) is 16.0. The summed E-state index contributed by atoms with van der Waals surface area (Å²) >= 11 is 6.55. The summed E-state index contributed by atoms with van der Waals surface area (Å²) in [5, 5.41) is 2.68. The van der Waals surface area contributed by atoms with Crippen molar-refractivity contribution in [1.82, 2.24) is 10.2 Å². The molecule has 1 aromatic carbocycles. The first-order valence-corrected chi connectivity index (χ1v) is 9.39. The molecule has 2 aliphatic heterocycles. The van der Waals surface area contributed by atoms with E-state index in [0.717, 1.165) is 5.70 Å². The third-order valence-corrected chi connectivity index (χ3v) is 6.35. The molecule has 0 saturated carbocycles. The minimum atomic E-state index is -0.625. The van der Waals surface area contributed by atoms with E-state index >= 15 is 0 Å². The van der Waals surface area contributed by atoms with E-state index in [2.05, 4.69) is 11.9 Å². The molecule has 134 valence electrons. The van der Waals surface area contributed by atoms with Gasteiger partial charge in [0.15, 0.2) is 6.10 Å². The van der Waals surface area contributed by atoms with Crippen molar-refractivity contribution in [2.24, 2.45) is 0 Å². The lowest BCUT2D eigenvalue weighted by Gasteiger charge is -2.50. The molecule has 3 rings (SSSR count). The van der Waals surface area contributed by atoms with E-state index in [1.165, 1.54) is 0 Å². The number of benzene rings is 1. The van der Waals surface area contributed by atoms with Gasteiger partial charge in [0.25, 0.3) is 5.91 Å². The highest BCUT2D eigenvalue weighted by atomic mass is 32.2. The van der Waals surface area contributed by atoms with Crippen LogP contribution in [0.25, 0.3) is 0 Å². The van der Waals surface area contributed by atoms with E-state index in [1.807, 2.05) is 49.1 Å². The van der Waals surface area contributed by atoms with Gasteiger partial charge in [-0.15, -0.1) is 11.8 Å². The van der Waals surface area contributed by atoms with Crippen molar-refractivity contribution in [3.05, 3.63) is 42.6 Å². The molecule has 2 saturated heterocycles. The average molecular weight is 378 g/mol. The SMILES string of the molecule is C=C1C(NC(=O)C(C)Oc2ccccc2)C2SC(C)(C)C(C(=O)[S-])N12. The second kappa shape index (κ2) is 6.53. The van der Waals surface area contributed by atoms with Gasteiger partial charge in [0.1, 0.15) is 11.1 Å². The number of nitrogens with zero attached hydrogens (tertiary/aromatic N) is 1. The van der Waals surface area contributed by atoms with Gasteiger partial charge in [-0.2, -0.15) is 0 Å². The van der Waals surface area contributed by atoms with Crippen LogP contribution in [0.4, 0.5) is 0 Å². The fourth-order valence-corrected chi connectivity index (χ4v) is 5.48. The van der Waals surface area contributed by atoms with E-state index in [-0.39, 0.29) is 33.2 Å².